The maximum atomic E-state index is 11.5. The number of anilines is 1. The number of amides is 1. The standard InChI is InChI=1S/C13H11N7O5/c14-10(21)9-11(17-4-16-9)15-3-5-1-6(20(24)25)2-7-8(5)19-13(23)12(22)18-7/h1-2,4,15H,3H2,(H2,14,21)(H,16,17)(H,18,22)(H,19,23). The predicted molar refractivity (Wildman–Crippen MR) is 86.3 cm³/mol. The number of carbonyl (C=O) groups is 1. The van der Waals surface area contributed by atoms with Crippen LogP contribution in [0.3, 0.4) is 0 Å². The Labute approximate surface area is 137 Å². The Bertz CT molecular complexity index is 1110. The van der Waals surface area contributed by atoms with E-state index >= 15 is 0 Å². The van der Waals surface area contributed by atoms with E-state index in [-0.39, 0.29) is 34.8 Å². The smallest absolute Gasteiger partial charge is 0.314 e. The van der Waals surface area contributed by atoms with Crippen molar-refractivity contribution in [2.45, 2.75) is 6.54 Å². The van der Waals surface area contributed by atoms with Gasteiger partial charge in [-0.15, -0.1) is 0 Å². The number of hydrogen-bond acceptors (Lipinski definition) is 7. The molecule has 0 fully saturated rings. The first-order valence-corrected chi connectivity index (χ1v) is 6.87. The third-order valence-electron chi connectivity index (χ3n) is 3.44. The van der Waals surface area contributed by atoms with Gasteiger partial charge in [0.05, 0.1) is 22.3 Å². The van der Waals surface area contributed by atoms with Gasteiger partial charge in [0.2, 0.25) is 0 Å². The zero-order valence-corrected chi connectivity index (χ0v) is 12.5. The van der Waals surface area contributed by atoms with Crippen LogP contribution in [-0.2, 0) is 6.54 Å². The minimum Gasteiger partial charge on any atom is -0.364 e. The molecule has 0 atom stereocenters. The van der Waals surface area contributed by atoms with Gasteiger partial charge in [-0.25, -0.2) is 4.98 Å². The fourth-order valence-electron chi connectivity index (χ4n) is 2.32. The highest BCUT2D eigenvalue weighted by molar-refractivity contribution is 5.95. The van der Waals surface area contributed by atoms with E-state index in [1.165, 1.54) is 12.4 Å². The van der Waals surface area contributed by atoms with E-state index in [2.05, 4.69) is 25.3 Å². The van der Waals surface area contributed by atoms with Crippen molar-refractivity contribution in [2.75, 3.05) is 5.32 Å². The first-order chi connectivity index (χ1) is 11.9. The summed E-state index contributed by atoms with van der Waals surface area (Å²) in [6.45, 7) is -0.0225. The van der Waals surface area contributed by atoms with Crippen molar-refractivity contribution in [1.29, 1.82) is 0 Å². The quantitative estimate of drug-likeness (QED) is 0.235. The third-order valence-corrected chi connectivity index (χ3v) is 3.44. The molecule has 0 aliphatic heterocycles. The average molecular weight is 345 g/mol. The summed E-state index contributed by atoms with van der Waals surface area (Å²) < 4.78 is 0. The van der Waals surface area contributed by atoms with Gasteiger partial charge in [0, 0.05) is 24.2 Å². The Morgan fingerprint density at radius 1 is 1.28 bits per heavy atom. The molecule has 2 aromatic heterocycles. The van der Waals surface area contributed by atoms with Crippen molar-refractivity contribution in [3.63, 3.8) is 0 Å². The van der Waals surface area contributed by atoms with Gasteiger partial charge in [-0.1, -0.05) is 0 Å². The van der Waals surface area contributed by atoms with E-state index in [1.807, 2.05) is 0 Å². The van der Waals surface area contributed by atoms with Crippen LogP contribution in [0.2, 0.25) is 0 Å². The summed E-state index contributed by atoms with van der Waals surface area (Å²) in [5.41, 5.74) is 3.79. The van der Waals surface area contributed by atoms with Crippen LogP contribution in [0.5, 0.6) is 0 Å². The van der Waals surface area contributed by atoms with Crippen molar-refractivity contribution < 1.29 is 9.72 Å². The van der Waals surface area contributed by atoms with Gasteiger partial charge in [0.1, 0.15) is 5.69 Å². The van der Waals surface area contributed by atoms with Gasteiger partial charge in [-0.2, -0.15) is 0 Å². The minimum atomic E-state index is -0.921. The highest BCUT2D eigenvalue weighted by Crippen LogP contribution is 2.22. The summed E-state index contributed by atoms with van der Waals surface area (Å²) in [6, 6.07) is 2.37. The number of benzene rings is 1. The third kappa shape index (κ3) is 2.95. The van der Waals surface area contributed by atoms with Crippen molar-refractivity contribution >= 4 is 28.4 Å². The molecule has 0 saturated heterocycles. The number of aromatic amines is 3. The summed E-state index contributed by atoms with van der Waals surface area (Å²) in [7, 11) is 0. The van der Waals surface area contributed by atoms with Gasteiger partial charge < -0.3 is 26.0 Å². The van der Waals surface area contributed by atoms with Crippen LogP contribution >= 0.6 is 0 Å². The molecule has 12 heteroatoms. The molecule has 2 heterocycles. The second-order valence-electron chi connectivity index (χ2n) is 5.04. The molecular weight excluding hydrogens is 334 g/mol. The number of nitrogens with two attached hydrogens (primary N) is 1. The molecule has 1 aromatic carbocycles. The van der Waals surface area contributed by atoms with Crippen molar-refractivity contribution in [3.05, 3.63) is 60.5 Å². The Morgan fingerprint density at radius 2 is 2.00 bits per heavy atom. The lowest BCUT2D eigenvalue weighted by Crippen LogP contribution is -2.29. The van der Waals surface area contributed by atoms with Gasteiger partial charge in [-0.3, -0.25) is 24.5 Å². The van der Waals surface area contributed by atoms with Gasteiger partial charge in [-0.05, 0) is 0 Å². The molecule has 1 amide bonds. The van der Waals surface area contributed by atoms with Crippen LogP contribution in [0.25, 0.3) is 11.0 Å². The molecule has 0 aliphatic carbocycles. The molecule has 3 aromatic rings. The van der Waals surface area contributed by atoms with Gasteiger partial charge in [0.15, 0.2) is 5.82 Å². The Kier molecular flexibility index (Phi) is 3.77. The lowest BCUT2D eigenvalue weighted by atomic mass is 10.1. The Morgan fingerprint density at radius 3 is 2.68 bits per heavy atom. The summed E-state index contributed by atoms with van der Waals surface area (Å²) in [6.07, 6.45) is 1.26. The second kappa shape index (κ2) is 5.92. The number of imidazole rings is 1. The number of nitro benzene ring substituents is 1. The summed E-state index contributed by atoms with van der Waals surface area (Å²) >= 11 is 0. The summed E-state index contributed by atoms with van der Waals surface area (Å²) in [5, 5.41) is 13.9. The molecule has 0 spiro atoms. The van der Waals surface area contributed by atoms with Crippen molar-refractivity contribution in [2.24, 2.45) is 5.73 Å². The number of hydrogen-bond donors (Lipinski definition) is 5. The van der Waals surface area contributed by atoms with E-state index < -0.39 is 21.9 Å². The average Bonchev–Trinajstić information content (AvgIpc) is 3.02. The monoisotopic (exact) mass is 345 g/mol. The number of nitrogens with one attached hydrogen (secondary N) is 4. The number of rotatable bonds is 5. The lowest BCUT2D eigenvalue weighted by Gasteiger charge is -2.08. The fraction of sp³-hybridized carbons (Fsp3) is 0.0769. The highest BCUT2D eigenvalue weighted by Gasteiger charge is 2.16. The van der Waals surface area contributed by atoms with Crippen molar-refractivity contribution in [3.8, 4) is 0 Å². The molecular formula is C13H11N7O5. The zero-order valence-electron chi connectivity index (χ0n) is 12.5. The van der Waals surface area contributed by atoms with E-state index in [9.17, 15) is 24.5 Å². The predicted octanol–water partition coefficient (Wildman–Crippen LogP) is -0.441. The van der Waals surface area contributed by atoms with E-state index in [0.29, 0.717) is 5.56 Å². The number of nitro groups is 1. The molecule has 0 aliphatic rings. The number of fused-ring (bicyclic) bond motifs is 1. The first-order valence-electron chi connectivity index (χ1n) is 6.87. The van der Waals surface area contributed by atoms with Crippen LogP contribution in [0.15, 0.2) is 28.0 Å². The molecule has 12 nitrogen and oxygen atoms in total. The number of aromatic nitrogens is 4. The van der Waals surface area contributed by atoms with E-state index in [0.717, 1.165) is 6.07 Å². The van der Waals surface area contributed by atoms with E-state index in [1.54, 1.807) is 0 Å². The number of primary amides is 1. The second-order valence-corrected chi connectivity index (χ2v) is 5.04. The SMILES string of the molecule is NC(=O)c1[nH]cnc1NCc1cc([N+](=O)[O-])cc2[nH]c(=O)c(=O)[nH]c12. The van der Waals surface area contributed by atoms with Crippen LogP contribution in [0, 0.1) is 10.1 Å². The normalized spacial score (nSPS) is 10.7. The van der Waals surface area contributed by atoms with E-state index in [4.69, 9.17) is 5.73 Å². The molecule has 0 unspecified atom stereocenters. The van der Waals surface area contributed by atoms with Crippen LogP contribution in [0.4, 0.5) is 11.5 Å². The van der Waals surface area contributed by atoms with Crippen LogP contribution in [0.1, 0.15) is 16.1 Å². The number of non-ortho nitro benzene ring substituents is 1. The van der Waals surface area contributed by atoms with Gasteiger partial charge >= 0.3 is 11.1 Å². The summed E-state index contributed by atoms with van der Waals surface area (Å²) in [5.74, 6) is -0.583. The Balaban J connectivity index is 2.07. The summed E-state index contributed by atoms with van der Waals surface area (Å²) in [4.78, 5) is 55.8. The molecule has 0 radical (unpaired) electrons. The fourth-order valence-corrected chi connectivity index (χ4v) is 2.32. The molecule has 0 saturated carbocycles. The lowest BCUT2D eigenvalue weighted by molar-refractivity contribution is -0.384. The molecule has 0 bridgehead atoms. The number of H-pyrrole nitrogens is 3. The minimum absolute atomic E-state index is 0.0225. The first kappa shape index (κ1) is 15.9. The molecule has 3 rings (SSSR count). The zero-order chi connectivity index (χ0) is 18.1. The Hall–Kier alpha value is -3.96. The molecule has 128 valence electrons. The topological polar surface area (TPSA) is 193 Å². The maximum absolute atomic E-state index is 11.5. The largest absolute Gasteiger partial charge is 0.364 e. The number of carbonyl (C=O) groups excluding carboxylic acids is 1. The highest BCUT2D eigenvalue weighted by atomic mass is 16.6. The molecule has 6 N–H and O–H groups in total. The van der Waals surface area contributed by atoms with Crippen molar-refractivity contribution in [1.82, 2.24) is 19.9 Å². The molecule has 25 heavy (non-hydrogen) atoms. The van der Waals surface area contributed by atoms with Crippen LogP contribution in [-0.4, -0.2) is 30.8 Å². The van der Waals surface area contributed by atoms with Gasteiger partial charge in [0.25, 0.3) is 11.6 Å². The maximum Gasteiger partial charge on any atom is 0.314 e. The number of nitrogens with zero attached hydrogens (tertiary/aromatic N) is 2. The van der Waals surface area contributed by atoms with Crippen LogP contribution < -0.4 is 22.2 Å².